The van der Waals surface area contributed by atoms with E-state index >= 15 is 0 Å². The van der Waals surface area contributed by atoms with Crippen LogP contribution in [0.4, 0.5) is 0 Å². The van der Waals surface area contributed by atoms with Crippen molar-refractivity contribution < 1.29 is 37.1 Å². The summed E-state index contributed by atoms with van der Waals surface area (Å²) in [6, 6.07) is -1.47. The minimum absolute atomic E-state index is 0.108. The summed E-state index contributed by atoms with van der Waals surface area (Å²) in [6.45, 7) is 0.335. The molecule has 4 radical (unpaired) electrons. The SMILES string of the molecule is [B][C@@H]1OCC(OP(=O)(OC)OC2C(OC)CO[C@H]2[B])C1OC. The Balaban J connectivity index is 2.04. The van der Waals surface area contributed by atoms with Gasteiger partial charge in [0.25, 0.3) is 0 Å². The minimum atomic E-state index is -3.92. The van der Waals surface area contributed by atoms with Crippen molar-refractivity contribution in [2.24, 2.45) is 0 Å². The van der Waals surface area contributed by atoms with Crippen LogP contribution in [-0.2, 0) is 37.1 Å². The lowest BCUT2D eigenvalue weighted by molar-refractivity contribution is -0.0239. The van der Waals surface area contributed by atoms with E-state index in [9.17, 15) is 4.57 Å². The molecule has 8 nitrogen and oxygen atoms in total. The van der Waals surface area contributed by atoms with Crippen LogP contribution in [0.5, 0.6) is 0 Å². The third kappa shape index (κ3) is 3.94. The van der Waals surface area contributed by atoms with Crippen LogP contribution in [0.1, 0.15) is 0 Å². The second-order valence-corrected chi connectivity index (χ2v) is 6.60. The molecule has 122 valence electrons. The van der Waals surface area contributed by atoms with E-state index in [1.807, 2.05) is 0 Å². The van der Waals surface area contributed by atoms with Crippen molar-refractivity contribution in [2.75, 3.05) is 34.5 Å². The second kappa shape index (κ2) is 7.77. The van der Waals surface area contributed by atoms with Gasteiger partial charge in [0.05, 0.1) is 13.2 Å². The van der Waals surface area contributed by atoms with Crippen molar-refractivity contribution in [3.63, 3.8) is 0 Å². The zero-order valence-corrected chi connectivity index (χ0v) is 13.6. The molecule has 5 unspecified atom stereocenters. The molecule has 2 saturated heterocycles. The van der Waals surface area contributed by atoms with Crippen LogP contribution in [0, 0.1) is 0 Å². The van der Waals surface area contributed by atoms with Crippen molar-refractivity contribution >= 4 is 23.5 Å². The molecule has 0 bridgehead atoms. The first-order chi connectivity index (χ1) is 10.4. The first-order valence-corrected chi connectivity index (χ1v) is 8.22. The molecular formula is C11H19B2O8P. The fraction of sp³-hybridized carbons (Fsp3) is 1.00. The van der Waals surface area contributed by atoms with Crippen molar-refractivity contribution in [3.05, 3.63) is 0 Å². The molecule has 11 heteroatoms. The molecule has 0 amide bonds. The average Bonchev–Trinajstić information content (AvgIpc) is 3.02. The Morgan fingerprint density at radius 3 is 2.05 bits per heavy atom. The van der Waals surface area contributed by atoms with Crippen LogP contribution in [0.25, 0.3) is 0 Å². The average molecular weight is 332 g/mol. The van der Waals surface area contributed by atoms with E-state index in [-0.39, 0.29) is 13.2 Å². The molecular weight excluding hydrogens is 313 g/mol. The number of rotatable bonds is 7. The summed E-state index contributed by atoms with van der Waals surface area (Å²) in [5.41, 5.74) is 0. The number of methoxy groups -OCH3 is 2. The fourth-order valence-electron chi connectivity index (χ4n) is 2.35. The molecule has 7 atom stereocenters. The van der Waals surface area contributed by atoms with E-state index in [1.54, 1.807) is 0 Å². The van der Waals surface area contributed by atoms with Gasteiger partial charge in [0.15, 0.2) is 0 Å². The van der Waals surface area contributed by atoms with E-state index < -0.39 is 44.2 Å². The maximum atomic E-state index is 12.7. The Morgan fingerprint density at radius 2 is 1.50 bits per heavy atom. The van der Waals surface area contributed by atoms with Crippen LogP contribution in [0.3, 0.4) is 0 Å². The van der Waals surface area contributed by atoms with Crippen molar-refractivity contribution in [1.82, 2.24) is 0 Å². The maximum Gasteiger partial charge on any atom is 0.475 e. The van der Waals surface area contributed by atoms with Crippen molar-refractivity contribution in [2.45, 2.75) is 36.4 Å². The smallest absolute Gasteiger partial charge is 0.382 e. The maximum absolute atomic E-state index is 12.7. The highest BCUT2D eigenvalue weighted by Crippen LogP contribution is 2.53. The summed E-state index contributed by atoms with van der Waals surface area (Å²) in [7, 11) is 11.7. The molecule has 2 aliphatic rings. The highest BCUT2D eigenvalue weighted by Gasteiger charge is 2.45. The topological polar surface area (TPSA) is 81.7 Å². The molecule has 0 spiro atoms. The Labute approximate surface area is 132 Å². The van der Waals surface area contributed by atoms with Crippen LogP contribution >= 0.6 is 7.82 Å². The predicted octanol–water partition coefficient (Wildman–Crippen LogP) is -0.409. The van der Waals surface area contributed by atoms with Gasteiger partial charge < -0.3 is 18.9 Å². The zero-order valence-electron chi connectivity index (χ0n) is 12.7. The van der Waals surface area contributed by atoms with Crippen LogP contribution < -0.4 is 0 Å². The van der Waals surface area contributed by atoms with Gasteiger partial charge in [-0.05, 0) is 0 Å². The van der Waals surface area contributed by atoms with E-state index in [1.165, 1.54) is 21.3 Å². The zero-order chi connectivity index (χ0) is 16.3. The molecule has 22 heavy (non-hydrogen) atoms. The normalized spacial score (nSPS) is 41.6. The van der Waals surface area contributed by atoms with Crippen molar-refractivity contribution in [1.29, 1.82) is 0 Å². The van der Waals surface area contributed by atoms with Crippen LogP contribution in [0.15, 0.2) is 0 Å². The first kappa shape index (κ1) is 18.4. The summed E-state index contributed by atoms with van der Waals surface area (Å²) in [5.74, 6) is 0. The quantitative estimate of drug-likeness (QED) is 0.460. The molecule has 0 saturated carbocycles. The summed E-state index contributed by atoms with van der Waals surface area (Å²) >= 11 is 0. The molecule has 0 aliphatic carbocycles. The number of hydrogen-bond acceptors (Lipinski definition) is 8. The summed E-state index contributed by atoms with van der Waals surface area (Å²) < 4.78 is 49.3. The number of ether oxygens (including phenoxy) is 4. The third-order valence-electron chi connectivity index (χ3n) is 3.60. The Hall–Kier alpha value is 0.0799. The van der Waals surface area contributed by atoms with Gasteiger partial charge in [0.1, 0.15) is 40.1 Å². The van der Waals surface area contributed by atoms with Gasteiger partial charge in [-0.15, -0.1) is 0 Å². The Kier molecular flexibility index (Phi) is 6.50. The Morgan fingerprint density at radius 1 is 0.909 bits per heavy atom. The van der Waals surface area contributed by atoms with E-state index in [2.05, 4.69) is 0 Å². The van der Waals surface area contributed by atoms with E-state index in [4.69, 9.17) is 48.2 Å². The summed E-state index contributed by atoms with van der Waals surface area (Å²) in [4.78, 5) is 0. The molecule has 0 aromatic rings. The lowest BCUT2D eigenvalue weighted by Crippen LogP contribution is -2.37. The molecule has 0 aromatic heterocycles. The minimum Gasteiger partial charge on any atom is -0.382 e. The predicted molar refractivity (Wildman–Crippen MR) is 76.9 cm³/mol. The monoisotopic (exact) mass is 332 g/mol. The third-order valence-corrected chi connectivity index (χ3v) is 5.08. The van der Waals surface area contributed by atoms with E-state index in [0.29, 0.717) is 0 Å². The lowest BCUT2D eigenvalue weighted by atomic mass is 9.94. The molecule has 2 heterocycles. The van der Waals surface area contributed by atoms with Crippen LogP contribution in [-0.4, -0.2) is 86.7 Å². The molecule has 0 aromatic carbocycles. The van der Waals surface area contributed by atoms with Gasteiger partial charge in [-0.25, -0.2) is 4.57 Å². The van der Waals surface area contributed by atoms with Gasteiger partial charge in [-0.1, -0.05) is 0 Å². The number of phosphoric ester groups is 1. The van der Waals surface area contributed by atoms with Gasteiger partial charge in [0, 0.05) is 33.3 Å². The number of hydrogen-bond donors (Lipinski definition) is 0. The molecule has 2 rings (SSSR count). The Bertz CT molecular complexity index is 414. The second-order valence-electron chi connectivity index (χ2n) is 4.91. The highest BCUT2D eigenvalue weighted by molar-refractivity contribution is 7.48. The standard InChI is InChI=1S/C11H19B2O8P/c1-15-6-4-18-11(13)9(6)21-22(14,17-3)20-7-5-19-10(12)8(7)16-2/h6-11H,4-5H2,1-3H3/t6?,7?,8?,9?,10-,11-,22?/m1/s1. The van der Waals surface area contributed by atoms with Gasteiger partial charge >= 0.3 is 7.82 Å². The molecule has 0 N–H and O–H groups in total. The van der Waals surface area contributed by atoms with Gasteiger partial charge in [-0.2, -0.15) is 0 Å². The summed E-state index contributed by atoms with van der Waals surface area (Å²) in [6.07, 6.45) is -2.53. The largest absolute Gasteiger partial charge is 0.475 e. The van der Waals surface area contributed by atoms with Crippen LogP contribution in [0.2, 0.25) is 0 Å². The van der Waals surface area contributed by atoms with E-state index in [0.717, 1.165) is 0 Å². The van der Waals surface area contributed by atoms with Gasteiger partial charge in [0.2, 0.25) is 0 Å². The highest BCUT2D eigenvalue weighted by atomic mass is 31.2. The lowest BCUT2D eigenvalue weighted by Gasteiger charge is -2.28. The molecule has 2 fully saturated rings. The van der Waals surface area contributed by atoms with Crippen molar-refractivity contribution in [3.8, 4) is 0 Å². The first-order valence-electron chi connectivity index (χ1n) is 6.76. The molecule has 2 aliphatic heterocycles. The number of phosphoric acid groups is 1. The van der Waals surface area contributed by atoms with Gasteiger partial charge in [-0.3, -0.25) is 13.6 Å². The summed E-state index contributed by atoms with van der Waals surface area (Å²) in [5, 5.41) is 0. The fourth-order valence-corrected chi connectivity index (χ4v) is 3.63.